The number of aromatic nitrogens is 2. The summed E-state index contributed by atoms with van der Waals surface area (Å²) in [6, 6.07) is 5.82. The molecule has 0 saturated carbocycles. The topological polar surface area (TPSA) is 41.6 Å². The number of aryl methyl sites for hydroxylation is 1. The van der Waals surface area contributed by atoms with E-state index in [2.05, 4.69) is 11.1 Å². The van der Waals surface area contributed by atoms with Crippen molar-refractivity contribution in [3.8, 4) is 6.07 Å². The molecular formula is C13H13Cl2N3. The molecule has 1 aromatic heterocycles. The molecule has 0 fully saturated rings. The van der Waals surface area contributed by atoms with E-state index in [4.69, 9.17) is 28.5 Å². The standard InChI is InChI=1S/C13H13Cl2N3/c1-3-13-17-11-4-9(14)10(15)5-12(11)18(13)7-8(2)6-16/h4-5,8H,3,7H2,1-2H3. The maximum atomic E-state index is 8.94. The van der Waals surface area contributed by atoms with Crippen LogP contribution < -0.4 is 0 Å². The Labute approximate surface area is 116 Å². The van der Waals surface area contributed by atoms with Gasteiger partial charge in [-0.05, 0) is 19.1 Å². The van der Waals surface area contributed by atoms with Crippen LogP contribution in [0.5, 0.6) is 0 Å². The number of fused-ring (bicyclic) bond motifs is 1. The van der Waals surface area contributed by atoms with Crippen molar-refractivity contribution in [2.24, 2.45) is 5.92 Å². The molecule has 0 saturated heterocycles. The zero-order chi connectivity index (χ0) is 13.3. The number of hydrogen-bond acceptors (Lipinski definition) is 2. The summed E-state index contributed by atoms with van der Waals surface area (Å²) in [6.07, 6.45) is 0.808. The number of benzene rings is 1. The van der Waals surface area contributed by atoms with Gasteiger partial charge in [0.1, 0.15) is 5.82 Å². The quantitative estimate of drug-likeness (QED) is 0.851. The highest BCUT2D eigenvalue weighted by Crippen LogP contribution is 2.28. The van der Waals surface area contributed by atoms with Crippen LogP contribution in [0.25, 0.3) is 11.0 Å². The predicted octanol–water partition coefficient (Wildman–Crippen LogP) is 4.07. The van der Waals surface area contributed by atoms with Crippen LogP contribution in [0.3, 0.4) is 0 Å². The minimum atomic E-state index is -0.0675. The normalized spacial score (nSPS) is 12.6. The molecule has 2 rings (SSSR count). The Morgan fingerprint density at radius 3 is 2.67 bits per heavy atom. The first-order chi connectivity index (χ1) is 8.56. The molecule has 0 amide bonds. The Morgan fingerprint density at radius 1 is 1.39 bits per heavy atom. The minimum Gasteiger partial charge on any atom is -0.327 e. The summed E-state index contributed by atoms with van der Waals surface area (Å²) in [5.74, 6) is 0.882. The molecule has 2 aromatic rings. The first kappa shape index (κ1) is 13.2. The van der Waals surface area contributed by atoms with Gasteiger partial charge in [-0.2, -0.15) is 5.26 Å². The molecule has 0 N–H and O–H groups in total. The fourth-order valence-electron chi connectivity index (χ4n) is 1.96. The van der Waals surface area contributed by atoms with E-state index in [-0.39, 0.29) is 5.92 Å². The van der Waals surface area contributed by atoms with Crippen LogP contribution >= 0.6 is 23.2 Å². The molecule has 3 nitrogen and oxygen atoms in total. The highest BCUT2D eigenvalue weighted by atomic mass is 35.5. The molecule has 0 radical (unpaired) electrons. The maximum Gasteiger partial charge on any atom is 0.109 e. The lowest BCUT2D eigenvalue weighted by atomic mass is 10.2. The molecule has 5 heteroatoms. The number of rotatable bonds is 3. The first-order valence-corrected chi connectivity index (χ1v) is 6.56. The second-order valence-corrected chi connectivity index (χ2v) is 5.09. The van der Waals surface area contributed by atoms with Gasteiger partial charge in [-0.1, -0.05) is 30.1 Å². The third-order valence-corrected chi connectivity index (χ3v) is 3.58. The van der Waals surface area contributed by atoms with Crippen LogP contribution in [0, 0.1) is 17.2 Å². The smallest absolute Gasteiger partial charge is 0.109 e. The van der Waals surface area contributed by atoms with E-state index in [1.54, 1.807) is 6.07 Å². The molecule has 0 aliphatic carbocycles. The molecule has 1 unspecified atom stereocenters. The predicted molar refractivity (Wildman–Crippen MR) is 73.9 cm³/mol. The van der Waals surface area contributed by atoms with Gasteiger partial charge in [0.25, 0.3) is 0 Å². The van der Waals surface area contributed by atoms with Crippen molar-refractivity contribution in [2.75, 3.05) is 0 Å². The van der Waals surface area contributed by atoms with Crippen molar-refractivity contribution >= 4 is 34.2 Å². The molecule has 1 aromatic carbocycles. The van der Waals surface area contributed by atoms with E-state index in [9.17, 15) is 0 Å². The van der Waals surface area contributed by atoms with Gasteiger partial charge in [-0.25, -0.2) is 4.98 Å². The Bertz CT molecular complexity index is 625. The van der Waals surface area contributed by atoms with Crippen molar-refractivity contribution in [3.63, 3.8) is 0 Å². The SMILES string of the molecule is CCc1nc2cc(Cl)c(Cl)cc2n1CC(C)C#N. The van der Waals surface area contributed by atoms with Gasteiger partial charge in [-0.15, -0.1) is 0 Å². The molecular weight excluding hydrogens is 269 g/mol. The Hall–Kier alpha value is -1.24. The van der Waals surface area contributed by atoms with Gasteiger partial charge in [-0.3, -0.25) is 0 Å². The van der Waals surface area contributed by atoms with E-state index >= 15 is 0 Å². The van der Waals surface area contributed by atoms with Crippen LogP contribution in [0.2, 0.25) is 10.0 Å². The van der Waals surface area contributed by atoms with E-state index < -0.39 is 0 Å². The van der Waals surface area contributed by atoms with Crippen LogP contribution in [-0.4, -0.2) is 9.55 Å². The molecule has 0 bridgehead atoms. The van der Waals surface area contributed by atoms with Crippen LogP contribution in [0.15, 0.2) is 12.1 Å². The number of nitrogens with zero attached hydrogens (tertiary/aromatic N) is 3. The lowest BCUT2D eigenvalue weighted by molar-refractivity contribution is 0.572. The zero-order valence-electron chi connectivity index (χ0n) is 10.2. The fourth-order valence-corrected chi connectivity index (χ4v) is 2.27. The highest BCUT2D eigenvalue weighted by molar-refractivity contribution is 6.42. The largest absolute Gasteiger partial charge is 0.327 e. The molecule has 0 aliphatic heterocycles. The molecule has 1 atom stereocenters. The number of imidazole rings is 1. The van der Waals surface area contributed by atoms with Crippen molar-refractivity contribution in [3.05, 3.63) is 28.0 Å². The summed E-state index contributed by atoms with van der Waals surface area (Å²) in [5, 5.41) is 9.95. The fraction of sp³-hybridized carbons (Fsp3) is 0.385. The molecule has 0 aliphatic rings. The van der Waals surface area contributed by atoms with Crippen molar-refractivity contribution in [2.45, 2.75) is 26.8 Å². The monoisotopic (exact) mass is 281 g/mol. The van der Waals surface area contributed by atoms with E-state index in [1.165, 1.54) is 0 Å². The second kappa shape index (κ2) is 5.17. The second-order valence-electron chi connectivity index (χ2n) is 4.28. The average Bonchev–Trinajstić information content (AvgIpc) is 2.67. The first-order valence-electron chi connectivity index (χ1n) is 5.80. The summed E-state index contributed by atoms with van der Waals surface area (Å²) in [4.78, 5) is 4.53. The van der Waals surface area contributed by atoms with Gasteiger partial charge in [0.05, 0.1) is 33.1 Å². The Balaban J connectivity index is 2.62. The van der Waals surface area contributed by atoms with E-state index in [0.29, 0.717) is 16.6 Å². The lowest BCUT2D eigenvalue weighted by Gasteiger charge is -2.09. The Morgan fingerprint density at radius 2 is 2.06 bits per heavy atom. The van der Waals surface area contributed by atoms with Crippen molar-refractivity contribution < 1.29 is 0 Å². The van der Waals surface area contributed by atoms with Gasteiger partial charge >= 0.3 is 0 Å². The van der Waals surface area contributed by atoms with E-state index in [1.807, 2.05) is 24.5 Å². The third kappa shape index (κ3) is 2.31. The number of hydrogen-bond donors (Lipinski definition) is 0. The van der Waals surface area contributed by atoms with Crippen LogP contribution in [-0.2, 0) is 13.0 Å². The average molecular weight is 282 g/mol. The van der Waals surface area contributed by atoms with Gasteiger partial charge in [0.2, 0.25) is 0 Å². The summed E-state index contributed by atoms with van der Waals surface area (Å²) in [6.45, 7) is 4.55. The summed E-state index contributed by atoms with van der Waals surface area (Å²) < 4.78 is 2.05. The van der Waals surface area contributed by atoms with Gasteiger partial charge in [0.15, 0.2) is 0 Å². The number of nitriles is 1. The maximum absolute atomic E-state index is 8.94. The van der Waals surface area contributed by atoms with Crippen molar-refractivity contribution in [1.82, 2.24) is 9.55 Å². The summed E-state index contributed by atoms with van der Waals surface area (Å²) >= 11 is 12.0. The van der Waals surface area contributed by atoms with Gasteiger partial charge in [0, 0.05) is 13.0 Å². The molecule has 94 valence electrons. The molecule has 1 heterocycles. The summed E-state index contributed by atoms with van der Waals surface area (Å²) in [7, 11) is 0. The lowest BCUT2D eigenvalue weighted by Crippen LogP contribution is -2.09. The molecule has 0 spiro atoms. The van der Waals surface area contributed by atoms with Crippen LogP contribution in [0.4, 0.5) is 0 Å². The molecule has 18 heavy (non-hydrogen) atoms. The van der Waals surface area contributed by atoms with Crippen molar-refractivity contribution in [1.29, 1.82) is 5.26 Å². The minimum absolute atomic E-state index is 0.0675. The van der Waals surface area contributed by atoms with Gasteiger partial charge < -0.3 is 4.57 Å². The Kier molecular flexibility index (Phi) is 3.79. The highest BCUT2D eigenvalue weighted by Gasteiger charge is 2.13. The third-order valence-electron chi connectivity index (χ3n) is 2.86. The zero-order valence-corrected chi connectivity index (χ0v) is 11.8. The van der Waals surface area contributed by atoms with E-state index in [0.717, 1.165) is 23.3 Å². The number of halogens is 2. The van der Waals surface area contributed by atoms with Crippen LogP contribution in [0.1, 0.15) is 19.7 Å². The summed E-state index contributed by atoms with van der Waals surface area (Å²) in [5.41, 5.74) is 1.76.